The van der Waals surface area contributed by atoms with Crippen molar-refractivity contribution in [3.05, 3.63) is 29.6 Å². The lowest BCUT2D eigenvalue weighted by Crippen LogP contribution is -2.40. The molecule has 1 aromatic rings. The Balaban J connectivity index is 2.96. The van der Waals surface area contributed by atoms with Crippen LogP contribution in [0.15, 0.2) is 18.3 Å². The molecule has 5 heteroatoms. The molecule has 0 unspecified atom stereocenters. The van der Waals surface area contributed by atoms with Crippen molar-refractivity contribution in [2.24, 2.45) is 0 Å². The monoisotopic (exact) mass is 276 g/mol. The summed E-state index contributed by atoms with van der Waals surface area (Å²) in [6.07, 6.45) is 1.88. The van der Waals surface area contributed by atoms with Crippen LogP contribution >= 0.6 is 0 Å². The van der Waals surface area contributed by atoms with Gasteiger partial charge in [-0.3, -0.25) is 4.79 Å². The number of aliphatic hydroxyl groups is 2. The van der Waals surface area contributed by atoms with Crippen LogP contribution in [0.5, 0.6) is 0 Å². The van der Waals surface area contributed by atoms with Gasteiger partial charge in [0.25, 0.3) is 5.91 Å². The molecule has 0 aromatic carbocycles. The Bertz CT molecular complexity index is 524. The minimum Gasteiger partial charge on any atom is -0.395 e. The molecule has 0 spiro atoms. The van der Waals surface area contributed by atoms with Crippen LogP contribution in [-0.2, 0) is 0 Å². The fourth-order valence-electron chi connectivity index (χ4n) is 1.72. The molecule has 0 aliphatic carbocycles. The number of aliphatic hydroxyl groups excluding tert-OH is 1. The fraction of sp³-hybridized carbons (Fsp3) is 0.467. The van der Waals surface area contributed by atoms with Crippen molar-refractivity contribution >= 4 is 5.91 Å². The van der Waals surface area contributed by atoms with E-state index in [0.29, 0.717) is 12.0 Å². The van der Waals surface area contributed by atoms with Gasteiger partial charge in [0.1, 0.15) is 5.69 Å². The Labute approximate surface area is 119 Å². The smallest absolute Gasteiger partial charge is 0.273 e. The quantitative estimate of drug-likeness (QED) is 0.792. The third-order valence-corrected chi connectivity index (χ3v) is 2.44. The van der Waals surface area contributed by atoms with Crippen LogP contribution in [0.2, 0.25) is 0 Å². The van der Waals surface area contributed by atoms with Gasteiger partial charge in [0, 0.05) is 26.2 Å². The molecule has 1 rings (SSSR count). The van der Waals surface area contributed by atoms with Gasteiger partial charge in [0.2, 0.25) is 0 Å². The second kappa shape index (κ2) is 7.04. The van der Waals surface area contributed by atoms with E-state index in [-0.39, 0.29) is 24.8 Å². The molecule has 1 heterocycles. The first kappa shape index (κ1) is 16.2. The summed E-state index contributed by atoms with van der Waals surface area (Å²) in [7, 11) is 1.61. The van der Waals surface area contributed by atoms with Crippen LogP contribution in [0.1, 0.15) is 36.3 Å². The zero-order valence-corrected chi connectivity index (χ0v) is 12.1. The third kappa shape index (κ3) is 5.00. The average molecular weight is 276 g/mol. The van der Waals surface area contributed by atoms with Crippen molar-refractivity contribution in [1.29, 1.82) is 0 Å². The Morgan fingerprint density at radius 3 is 2.80 bits per heavy atom. The molecular weight excluding hydrogens is 256 g/mol. The number of hydrogen-bond donors (Lipinski definition) is 2. The summed E-state index contributed by atoms with van der Waals surface area (Å²) < 4.78 is 0. The molecular formula is C15H20N2O3. The van der Waals surface area contributed by atoms with Crippen molar-refractivity contribution in [1.82, 2.24) is 9.88 Å². The van der Waals surface area contributed by atoms with Gasteiger partial charge < -0.3 is 15.1 Å². The van der Waals surface area contributed by atoms with Gasteiger partial charge in [-0.25, -0.2) is 4.98 Å². The molecule has 108 valence electrons. The lowest BCUT2D eigenvalue weighted by atomic mass is 10.1. The number of carbonyl (C=O) groups is 1. The van der Waals surface area contributed by atoms with Crippen molar-refractivity contribution in [3.63, 3.8) is 0 Å². The molecule has 0 aliphatic rings. The van der Waals surface area contributed by atoms with E-state index in [1.165, 1.54) is 11.1 Å². The van der Waals surface area contributed by atoms with E-state index in [9.17, 15) is 9.90 Å². The Morgan fingerprint density at radius 1 is 1.50 bits per heavy atom. The van der Waals surface area contributed by atoms with Crippen molar-refractivity contribution < 1.29 is 15.0 Å². The predicted molar refractivity (Wildman–Crippen MR) is 76.1 cm³/mol. The summed E-state index contributed by atoms with van der Waals surface area (Å²) in [5.41, 5.74) is -0.194. The molecule has 0 fully saturated rings. The number of rotatable bonds is 4. The summed E-state index contributed by atoms with van der Waals surface area (Å²) in [5.74, 6) is 5.31. The molecule has 0 saturated carbocycles. The highest BCUT2D eigenvalue weighted by molar-refractivity contribution is 5.94. The molecule has 2 N–H and O–H groups in total. The van der Waals surface area contributed by atoms with Gasteiger partial charge in [-0.1, -0.05) is 11.8 Å². The molecule has 1 aromatic heterocycles. The number of likely N-dealkylation sites (N-methyl/N-ethyl adjacent to an activating group) is 1. The van der Waals surface area contributed by atoms with E-state index >= 15 is 0 Å². The van der Waals surface area contributed by atoms with E-state index in [0.717, 1.165) is 0 Å². The molecule has 5 nitrogen and oxygen atoms in total. The molecule has 0 aliphatic heterocycles. The highest BCUT2D eigenvalue weighted by Crippen LogP contribution is 2.10. The molecule has 0 bridgehead atoms. The summed E-state index contributed by atoms with van der Waals surface area (Å²) in [6.45, 7) is 3.45. The highest BCUT2D eigenvalue weighted by Gasteiger charge is 2.22. The number of hydrogen-bond acceptors (Lipinski definition) is 4. The Kier molecular flexibility index (Phi) is 5.68. The molecule has 0 atom stereocenters. The SMILES string of the molecule is CN(CC(C)(C)O)C(=O)c1ncccc1C#CCCO. The van der Waals surface area contributed by atoms with Crippen LogP contribution < -0.4 is 0 Å². The first-order valence-electron chi connectivity index (χ1n) is 6.38. The first-order chi connectivity index (χ1) is 9.35. The van der Waals surface area contributed by atoms with Crippen LogP contribution in [0, 0.1) is 11.8 Å². The van der Waals surface area contributed by atoms with Crippen LogP contribution in [0.3, 0.4) is 0 Å². The number of nitrogens with zero attached hydrogens (tertiary/aromatic N) is 2. The second-order valence-corrected chi connectivity index (χ2v) is 5.15. The van der Waals surface area contributed by atoms with Crippen molar-refractivity contribution in [2.75, 3.05) is 20.2 Å². The maximum atomic E-state index is 12.3. The van der Waals surface area contributed by atoms with E-state index in [1.54, 1.807) is 33.0 Å². The van der Waals surface area contributed by atoms with Gasteiger partial charge in [-0.15, -0.1) is 0 Å². The largest absolute Gasteiger partial charge is 0.395 e. The van der Waals surface area contributed by atoms with Crippen molar-refractivity contribution in [3.8, 4) is 11.8 Å². The standard InChI is InChI=1S/C15H20N2O3/c1-15(2,20)11-17(3)14(19)13-12(7-4-5-10-18)8-6-9-16-13/h6,8-9,18,20H,5,10-11H2,1-3H3. The molecule has 0 radical (unpaired) electrons. The van der Waals surface area contributed by atoms with E-state index < -0.39 is 5.60 Å². The minimum atomic E-state index is -0.970. The summed E-state index contributed by atoms with van der Waals surface area (Å²) >= 11 is 0. The van der Waals surface area contributed by atoms with E-state index in [4.69, 9.17) is 5.11 Å². The van der Waals surface area contributed by atoms with Gasteiger partial charge in [0.15, 0.2) is 0 Å². The summed E-state index contributed by atoms with van der Waals surface area (Å²) in [6, 6.07) is 3.41. The van der Waals surface area contributed by atoms with Gasteiger partial charge in [-0.05, 0) is 26.0 Å². The van der Waals surface area contributed by atoms with E-state index in [1.807, 2.05) is 0 Å². The van der Waals surface area contributed by atoms with Gasteiger partial charge in [0.05, 0.1) is 17.8 Å². The number of carbonyl (C=O) groups excluding carboxylic acids is 1. The van der Waals surface area contributed by atoms with Crippen LogP contribution in [-0.4, -0.2) is 51.8 Å². The van der Waals surface area contributed by atoms with Crippen molar-refractivity contribution in [2.45, 2.75) is 25.9 Å². The minimum absolute atomic E-state index is 0.0187. The number of aromatic nitrogens is 1. The van der Waals surface area contributed by atoms with Crippen LogP contribution in [0.4, 0.5) is 0 Å². The van der Waals surface area contributed by atoms with Gasteiger partial charge >= 0.3 is 0 Å². The molecule has 0 saturated heterocycles. The summed E-state index contributed by atoms with van der Waals surface area (Å²) in [5, 5.41) is 18.5. The average Bonchev–Trinajstić information content (AvgIpc) is 2.37. The highest BCUT2D eigenvalue weighted by atomic mass is 16.3. The zero-order valence-electron chi connectivity index (χ0n) is 12.1. The molecule has 1 amide bonds. The summed E-state index contributed by atoms with van der Waals surface area (Å²) in [4.78, 5) is 17.8. The Morgan fingerprint density at radius 2 is 2.20 bits per heavy atom. The fourth-order valence-corrected chi connectivity index (χ4v) is 1.72. The topological polar surface area (TPSA) is 73.7 Å². The number of amides is 1. The maximum absolute atomic E-state index is 12.3. The zero-order chi connectivity index (χ0) is 15.2. The number of pyridine rings is 1. The van der Waals surface area contributed by atoms with Gasteiger partial charge in [-0.2, -0.15) is 0 Å². The van der Waals surface area contributed by atoms with Crippen LogP contribution in [0.25, 0.3) is 0 Å². The Hall–Kier alpha value is -1.90. The first-order valence-corrected chi connectivity index (χ1v) is 6.38. The lowest BCUT2D eigenvalue weighted by molar-refractivity contribution is 0.0364. The second-order valence-electron chi connectivity index (χ2n) is 5.15. The normalized spacial score (nSPS) is 10.7. The third-order valence-electron chi connectivity index (χ3n) is 2.44. The van der Waals surface area contributed by atoms with E-state index in [2.05, 4.69) is 16.8 Å². The lowest BCUT2D eigenvalue weighted by Gasteiger charge is -2.25. The predicted octanol–water partition coefficient (Wildman–Crippen LogP) is 0.658. The molecule has 20 heavy (non-hydrogen) atoms. The maximum Gasteiger partial charge on any atom is 0.273 e.